The summed E-state index contributed by atoms with van der Waals surface area (Å²) in [5.74, 6) is 0.713. The van der Waals surface area contributed by atoms with Crippen molar-refractivity contribution in [3.63, 3.8) is 0 Å². The van der Waals surface area contributed by atoms with Gasteiger partial charge in [-0.3, -0.25) is 0 Å². The molecule has 0 aliphatic heterocycles. The molecule has 2 heteroatoms. The van der Waals surface area contributed by atoms with Crippen LogP contribution in [0.25, 0.3) is 78.4 Å². The normalized spacial score (nSPS) is 12.7. The average Bonchev–Trinajstić information content (AvgIpc) is 3.44. The van der Waals surface area contributed by atoms with Crippen LogP contribution in [0.5, 0.6) is 0 Å². The van der Waals surface area contributed by atoms with E-state index in [4.69, 9.17) is 9.97 Å². The van der Waals surface area contributed by atoms with Gasteiger partial charge in [0.1, 0.15) is 0 Å². The van der Waals surface area contributed by atoms with Crippen molar-refractivity contribution in [2.45, 2.75) is 19.3 Å². The Morgan fingerprint density at radius 3 is 1.47 bits per heavy atom. The third-order valence-corrected chi connectivity index (χ3v) is 10.3. The van der Waals surface area contributed by atoms with Gasteiger partial charge in [-0.15, -0.1) is 0 Å². The zero-order valence-electron chi connectivity index (χ0n) is 28.7. The third-order valence-electron chi connectivity index (χ3n) is 10.3. The number of nitrogens with zero attached hydrogens (tertiary/aromatic N) is 2. The van der Waals surface area contributed by atoms with E-state index in [1.807, 2.05) is 24.3 Å². The minimum Gasteiger partial charge on any atom is -0.228 e. The molecule has 0 amide bonds. The molecular formula is C49H36N2. The Hall–Kier alpha value is -6.38. The van der Waals surface area contributed by atoms with E-state index >= 15 is 0 Å². The molecule has 0 atom stereocenters. The minimum absolute atomic E-state index is 0.00649. The lowest BCUT2D eigenvalue weighted by molar-refractivity contribution is 0.660. The number of hydrogen-bond acceptors (Lipinski definition) is 2. The standard InChI is InChI=1S/C49H36N2/c1-49(2)44-22-10-9-21-42(44)43-31-40(27-28-45(43)49)39-19-11-17-37(29-39)34-23-25-35(26-24-34)46-32-47(51-48(50-46)36-15-7-4-8-16-36)41-20-12-18-38(30-41)33-13-5-3-6-14-33/h3-32H,1-2H3. The fraction of sp³-hybridized carbons (Fsp3) is 0.0612. The molecular weight excluding hydrogens is 617 g/mol. The Morgan fingerprint density at radius 1 is 0.314 bits per heavy atom. The van der Waals surface area contributed by atoms with Crippen LogP contribution in [-0.2, 0) is 5.41 Å². The van der Waals surface area contributed by atoms with Crippen LogP contribution in [-0.4, -0.2) is 9.97 Å². The van der Waals surface area contributed by atoms with Crippen LogP contribution in [0.4, 0.5) is 0 Å². The molecule has 9 rings (SSSR count). The second-order valence-corrected chi connectivity index (χ2v) is 13.9. The molecule has 1 aromatic heterocycles. The van der Waals surface area contributed by atoms with Crippen molar-refractivity contribution in [1.29, 1.82) is 0 Å². The third kappa shape index (κ3) is 5.65. The Balaban J connectivity index is 1.06. The zero-order chi connectivity index (χ0) is 34.4. The maximum Gasteiger partial charge on any atom is 0.160 e. The first-order chi connectivity index (χ1) is 25.0. The van der Waals surface area contributed by atoms with E-state index in [-0.39, 0.29) is 5.41 Å². The van der Waals surface area contributed by atoms with Gasteiger partial charge in [-0.25, -0.2) is 9.97 Å². The van der Waals surface area contributed by atoms with Crippen molar-refractivity contribution in [2.75, 3.05) is 0 Å². The minimum atomic E-state index is 0.00649. The Morgan fingerprint density at radius 2 is 0.765 bits per heavy atom. The highest BCUT2D eigenvalue weighted by atomic mass is 14.9. The molecule has 0 spiro atoms. The Bertz CT molecular complexity index is 2530. The van der Waals surface area contributed by atoms with Gasteiger partial charge in [0.05, 0.1) is 11.4 Å². The maximum absolute atomic E-state index is 5.08. The molecule has 1 aliphatic rings. The van der Waals surface area contributed by atoms with Crippen molar-refractivity contribution in [1.82, 2.24) is 9.97 Å². The summed E-state index contributed by atoms with van der Waals surface area (Å²) in [5, 5.41) is 0. The smallest absolute Gasteiger partial charge is 0.160 e. The fourth-order valence-electron chi connectivity index (χ4n) is 7.56. The van der Waals surface area contributed by atoms with Gasteiger partial charge in [0.2, 0.25) is 0 Å². The first kappa shape index (κ1) is 30.7. The SMILES string of the molecule is CC1(C)c2ccccc2-c2cc(-c3cccc(-c4ccc(-c5cc(-c6cccc(-c7ccccc7)c6)nc(-c6ccccc6)n5)cc4)c3)ccc21. The molecule has 2 nitrogen and oxygen atoms in total. The van der Waals surface area contributed by atoms with Crippen molar-refractivity contribution in [3.8, 4) is 78.4 Å². The van der Waals surface area contributed by atoms with Crippen LogP contribution >= 0.6 is 0 Å². The van der Waals surface area contributed by atoms with Gasteiger partial charge in [0.15, 0.2) is 5.82 Å². The summed E-state index contributed by atoms with van der Waals surface area (Å²) in [7, 11) is 0. The van der Waals surface area contributed by atoms with E-state index in [0.29, 0.717) is 5.82 Å². The lowest BCUT2D eigenvalue weighted by atomic mass is 9.82. The molecule has 0 unspecified atom stereocenters. The lowest BCUT2D eigenvalue weighted by Gasteiger charge is -2.21. The molecule has 1 aliphatic carbocycles. The average molecular weight is 653 g/mol. The van der Waals surface area contributed by atoms with Gasteiger partial charge < -0.3 is 0 Å². The number of fused-ring (bicyclic) bond motifs is 3. The summed E-state index contributed by atoms with van der Waals surface area (Å²) < 4.78 is 0. The van der Waals surface area contributed by atoms with E-state index < -0.39 is 0 Å². The summed E-state index contributed by atoms with van der Waals surface area (Å²) in [6.45, 7) is 4.66. The van der Waals surface area contributed by atoms with E-state index in [1.54, 1.807) is 0 Å². The summed E-state index contributed by atoms with van der Waals surface area (Å²) in [6.07, 6.45) is 0. The number of aromatic nitrogens is 2. The van der Waals surface area contributed by atoms with Crippen LogP contribution in [0.2, 0.25) is 0 Å². The monoisotopic (exact) mass is 652 g/mol. The van der Waals surface area contributed by atoms with Gasteiger partial charge >= 0.3 is 0 Å². The number of hydrogen-bond donors (Lipinski definition) is 0. The molecule has 8 aromatic rings. The van der Waals surface area contributed by atoms with E-state index in [1.165, 1.54) is 50.1 Å². The number of benzene rings is 7. The molecule has 51 heavy (non-hydrogen) atoms. The first-order valence-electron chi connectivity index (χ1n) is 17.6. The molecule has 0 saturated heterocycles. The highest BCUT2D eigenvalue weighted by molar-refractivity contribution is 5.85. The predicted molar refractivity (Wildman–Crippen MR) is 212 cm³/mol. The van der Waals surface area contributed by atoms with Crippen molar-refractivity contribution in [3.05, 3.63) is 193 Å². The van der Waals surface area contributed by atoms with Crippen molar-refractivity contribution >= 4 is 0 Å². The first-order valence-corrected chi connectivity index (χ1v) is 17.6. The number of rotatable bonds is 6. The van der Waals surface area contributed by atoms with Crippen LogP contribution in [0, 0.1) is 0 Å². The molecule has 0 bridgehead atoms. The fourth-order valence-corrected chi connectivity index (χ4v) is 7.56. The quantitative estimate of drug-likeness (QED) is 0.179. The highest BCUT2D eigenvalue weighted by Crippen LogP contribution is 2.49. The van der Waals surface area contributed by atoms with Crippen LogP contribution in [0.15, 0.2) is 182 Å². The molecule has 7 aromatic carbocycles. The lowest BCUT2D eigenvalue weighted by Crippen LogP contribution is -2.14. The van der Waals surface area contributed by atoms with E-state index in [0.717, 1.165) is 33.6 Å². The zero-order valence-corrected chi connectivity index (χ0v) is 28.7. The summed E-state index contributed by atoms with van der Waals surface area (Å²) in [5.41, 5.74) is 17.5. The van der Waals surface area contributed by atoms with Gasteiger partial charge in [-0.05, 0) is 79.9 Å². The molecule has 0 fully saturated rings. The largest absolute Gasteiger partial charge is 0.228 e. The Labute approximate surface area is 299 Å². The second-order valence-electron chi connectivity index (χ2n) is 13.9. The molecule has 0 N–H and O–H groups in total. The van der Waals surface area contributed by atoms with E-state index in [9.17, 15) is 0 Å². The van der Waals surface area contributed by atoms with Crippen LogP contribution < -0.4 is 0 Å². The van der Waals surface area contributed by atoms with Crippen LogP contribution in [0.1, 0.15) is 25.0 Å². The molecule has 0 radical (unpaired) electrons. The summed E-state index contributed by atoms with van der Waals surface area (Å²) in [6, 6.07) is 64.9. The molecule has 0 saturated carbocycles. The van der Waals surface area contributed by atoms with Gasteiger partial charge in [-0.2, -0.15) is 0 Å². The van der Waals surface area contributed by atoms with Crippen LogP contribution in [0.3, 0.4) is 0 Å². The maximum atomic E-state index is 5.08. The second kappa shape index (κ2) is 12.5. The highest BCUT2D eigenvalue weighted by Gasteiger charge is 2.35. The predicted octanol–water partition coefficient (Wildman–Crippen LogP) is 12.8. The van der Waals surface area contributed by atoms with Crippen molar-refractivity contribution in [2.24, 2.45) is 0 Å². The Kier molecular flexibility index (Phi) is 7.51. The van der Waals surface area contributed by atoms with Gasteiger partial charge in [0, 0.05) is 22.1 Å². The van der Waals surface area contributed by atoms with E-state index in [2.05, 4.69) is 172 Å². The topological polar surface area (TPSA) is 25.8 Å². The van der Waals surface area contributed by atoms with Gasteiger partial charge in [0.25, 0.3) is 0 Å². The molecule has 242 valence electrons. The van der Waals surface area contributed by atoms with Crippen molar-refractivity contribution < 1.29 is 0 Å². The molecule has 1 heterocycles. The van der Waals surface area contributed by atoms with Gasteiger partial charge in [-0.1, -0.05) is 172 Å². The summed E-state index contributed by atoms with van der Waals surface area (Å²) in [4.78, 5) is 10.1. The summed E-state index contributed by atoms with van der Waals surface area (Å²) >= 11 is 0.